The topological polar surface area (TPSA) is 20.2 Å². The summed E-state index contributed by atoms with van der Waals surface area (Å²) in [5.41, 5.74) is 0.286. The van der Waals surface area contributed by atoms with E-state index in [-0.39, 0.29) is 5.41 Å². The lowest BCUT2D eigenvalue weighted by molar-refractivity contribution is 0.0265. The molecular weight excluding hydrogens is 160 g/mol. The standard InChI is InChI=1S/C12H24O/c1-3-7-11(2)12(10-13)8-5-4-6-9-12/h11,13H,3-10H2,1-2H3. The molecule has 0 bridgehead atoms. The normalized spacial score (nSPS) is 24.2. The maximum absolute atomic E-state index is 9.54. The van der Waals surface area contributed by atoms with Crippen LogP contribution in [0.15, 0.2) is 0 Å². The van der Waals surface area contributed by atoms with Crippen molar-refractivity contribution in [2.45, 2.75) is 58.8 Å². The highest BCUT2D eigenvalue weighted by Crippen LogP contribution is 2.43. The van der Waals surface area contributed by atoms with Crippen molar-refractivity contribution >= 4 is 0 Å². The summed E-state index contributed by atoms with van der Waals surface area (Å²) in [6, 6.07) is 0. The summed E-state index contributed by atoms with van der Waals surface area (Å²) in [6.07, 6.45) is 9.07. The summed E-state index contributed by atoms with van der Waals surface area (Å²) in [5, 5.41) is 9.54. The third kappa shape index (κ3) is 2.46. The number of hydrogen-bond donors (Lipinski definition) is 1. The Bertz CT molecular complexity index is 136. The van der Waals surface area contributed by atoms with Gasteiger partial charge in [-0.3, -0.25) is 0 Å². The first-order valence-electron chi connectivity index (χ1n) is 5.86. The quantitative estimate of drug-likeness (QED) is 0.710. The molecule has 1 heteroatoms. The molecule has 1 N–H and O–H groups in total. The Morgan fingerprint density at radius 1 is 1.23 bits per heavy atom. The molecule has 0 aromatic carbocycles. The fourth-order valence-electron chi connectivity index (χ4n) is 2.80. The molecule has 1 saturated carbocycles. The van der Waals surface area contributed by atoms with E-state index < -0.39 is 0 Å². The van der Waals surface area contributed by atoms with E-state index in [9.17, 15) is 5.11 Å². The van der Waals surface area contributed by atoms with Gasteiger partial charge in [0.2, 0.25) is 0 Å². The molecule has 0 saturated heterocycles. The van der Waals surface area contributed by atoms with Gasteiger partial charge in [-0.25, -0.2) is 0 Å². The zero-order chi connectivity index (χ0) is 9.73. The summed E-state index contributed by atoms with van der Waals surface area (Å²) in [7, 11) is 0. The van der Waals surface area contributed by atoms with Crippen molar-refractivity contribution in [3.63, 3.8) is 0 Å². The minimum atomic E-state index is 0.286. The first-order valence-corrected chi connectivity index (χ1v) is 5.86. The molecule has 1 unspecified atom stereocenters. The van der Waals surface area contributed by atoms with Crippen LogP contribution in [0, 0.1) is 11.3 Å². The Morgan fingerprint density at radius 2 is 1.85 bits per heavy atom. The Balaban J connectivity index is 2.55. The van der Waals surface area contributed by atoms with Crippen LogP contribution >= 0.6 is 0 Å². The molecule has 1 rings (SSSR count). The molecule has 0 aromatic heterocycles. The first kappa shape index (κ1) is 11.0. The van der Waals surface area contributed by atoms with Crippen LogP contribution in [-0.4, -0.2) is 11.7 Å². The zero-order valence-electron chi connectivity index (χ0n) is 9.18. The monoisotopic (exact) mass is 184 g/mol. The Labute approximate surface area is 82.5 Å². The van der Waals surface area contributed by atoms with Crippen molar-refractivity contribution in [3.8, 4) is 0 Å². The fraction of sp³-hybridized carbons (Fsp3) is 1.00. The fourth-order valence-corrected chi connectivity index (χ4v) is 2.80. The Kier molecular flexibility index (Phi) is 4.24. The highest BCUT2D eigenvalue weighted by atomic mass is 16.3. The van der Waals surface area contributed by atoms with Gasteiger partial charge in [-0.05, 0) is 24.2 Å². The van der Waals surface area contributed by atoms with Gasteiger partial charge in [-0.2, -0.15) is 0 Å². The van der Waals surface area contributed by atoms with Crippen molar-refractivity contribution < 1.29 is 5.11 Å². The van der Waals surface area contributed by atoms with Gasteiger partial charge in [0, 0.05) is 6.61 Å². The van der Waals surface area contributed by atoms with E-state index in [0.717, 1.165) is 0 Å². The van der Waals surface area contributed by atoms with E-state index in [4.69, 9.17) is 0 Å². The highest BCUT2D eigenvalue weighted by molar-refractivity contribution is 4.86. The molecule has 13 heavy (non-hydrogen) atoms. The maximum atomic E-state index is 9.54. The minimum absolute atomic E-state index is 0.286. The smallest absolute Gasteiger partial charge is 0.0489 e. The van der Waals surface area contributed by atoms with E-state index in [1.807, 2.05) is 0 Å². The van der Waals surface area contributed by atoms with Crippen LogP contribution in [0.4, 0.5) is 0 Å². The van der Waals surface area contributed by atoms with E-state index in [1.165, 1.54) is 44.9 Å². The van der Waals surface area contributed by atoms with E-state index in [0.29, 0.717) is 12.5 Å². The number of hydrogen-bond acceptors (Lipinski definition) is 1. The van der Waals surface area contributed by atoms with Gasteiger partial charge in [0.05, 0.1) is 0 Å². The van der Waals surface area contributed by atoms with Crippen LogP contribution in [0.5, 0.6) is 0 Å². The maximum Gasteiger partial charge on any atom is 0.0489 e. The highest BCUT2D eigenvalue weighted by Gasteiger charge is 2.35. The van der Waals surface area contributed by atoms with Gasteiger partial charge < -0.3 is 5.11 Å². The third-order valence-corrected chi connectivity index (χ3v) is 3.93. The van der Waals surface area contributed by atoms with Crippen LogP contribution in [0.2, 0.25) is 0 Å². The average molecular weight is 184 g/mol. The SMILES string of the molecule is CCCC(C)C1(CO)CCCCC1. The predicted octanol–water partition coefficient (Wildman–Crippen LogP) is 3.37. The molecule has 1 nitrogen and oxygen atoms in total. The second kappa shape index (κ2) is 4.99. The average Bonchev–Trinajstić information content (AvgIpc) is 2.19. The molecule has 0 radical (unpaired) electrons. The van der Waals surface area contributed by atoms with Crippen molar-refractivity contribution in [2.24, 2.45) is 11.3 Å². The predicted molar refractivity (Wildman–Crippen MR) is 56.7 cm³/mol. The van der Waals surface area contributed by atoms with E-state index >= 15 is 0 Å². The summed E-state index contributed by atoms with van der Waals surface area (Å²) in [4.78, 5) is 0. The van der Waals surface area contributed by atoms with E-state index in [1.54, 1.807) is 0 Å². The van der Waals surface area contributed by atoms with Crippen LogP contribution in [-0.2, 0) is 0 Å². The molecule has 0 aliphatic heterocycles. The first-order chi connectivity index (χ1) is 6.25. The second-order valence-electron chi connectivity index (χ2n) is 4.77. The van der Waals surface area contributed by atoms with Crippen LogP contribution in [0.3, 0.4) is 0 Å². The molecule has 1 aliphatic carbocycles. The largest absolute Gasteiger partial charge is 0.396 e. The van der Waals surface area contributed by atoms with Gasteiger partial charge in [-0.15, -0.1) is 0 Å². The van der Waals surface area contributed by atoms with Gasteiger partial charge in [0.25, 0.3) is 0 Å². The van der Waals surface area contributed by atoms with Crippen molar-refractivity contribution in [2.75, 3.05) is 6.61 Å². The molecule has 1 aliphatic rings. The lowest BCUT2D eigenvalue weighted by atomic mass is 9.66. The van der Waals surface area contributed by atoms with Crippen LogP contribution in [0.25, 0.3) is 0 Å². The summed E-state index contributed by atoms with van der Waals surface area (Å²) < 4.78 is 0. The number of aliphatic hydroxyl groups is 1. The van der Waals surface area contributed by atoms with Crippen molar-refractivity contribution in [3.05, 3.63) is 0 Å². The molecule has 0 spiro atoms. The van der Waals surface area contributed by atoms with Crippen molar-refractivity contribution in [1.29, 1.82) is 0 Å². The van der Waals surface area contributed by atoms with Crippen LogP contribution < -0.4 is 0 Å². The molecule has 1 fully saturated rings. The Morgan fingerprint density at radius 3 is 2.31 bits per heavy atom. The van der Waals surface area contributed by atoms with Crippen molar-refractivity contribution in [1.82, 2.24) is 0 Å². The number of rotatable bonds is 4. The van der Waals surface area contributed by atoms with E-state index in [2.05, 4.69) is 13.8 Å². The molecule has 0 heterocycles. The summed E-state index contributed by atoms with van der Waals surface area (Å²) >= 11 is 0. The van der Waals surface area contributed by atoms with Gasteiger partial charge in [0.1, 0.15) is 0 Å². The number of aliphatic hydroxyl groups excluding tert-OH is 1. The summed E-state index contributed by atoms with van der Waals surface area (Å²) in [6.45, 7) is 4.98. The van der Waals surface area contributed by atoms with Gasteiger partial charge >= 0.3 is 0 Å². The molecule has 0 amide bonds. The lowest BCUT2D eigenvalue weighted by Gasteiger charge is -2.41. The second-order valence-corrected chi connectivity index (χ2v) is 4.77. The molecule has 0 aromatic rings. The van der Waals surface area contributed by atoms with Gasteiger partial charge in [0.15, 0.2) is 0 Å². The Hall–Kier alpha value is -0.0400. The molecule has 78 valence electrons. The molecule has 1 atom stereocenters. The summed E-state index contributed by atoms with van der Waals surface area (Å²) in [5.74, 6) is 0.711. The zero-order valence-corrected chi connectivity index (χ0v) is 9.18. The molecular formula is C12H24O. The lowest BCUT2D eigenvalue weighted by Crippen LogP contribution is -2.35. The van der Waals surface area contributed by atoms with Crippen LogP contribution in [0.1, 0.15) is 58.8 Å². The van der Waals surface area contributed by atoms with Gasteiger partial charge in [-0.1, -0.05) is 46.0 Å². The third-order valence-electron chi connectivity index (χ3n) is 3.93. The minimum Gasteiger partial charge on any atom is -0.396 e.